The zero-order valence-corrected chi connectivity index (χ0v) is 15.2. The number of ether oxygens (including phenoxy) is 3. The Balaban J connectivity index is 1.93. The van der Waals surface area contributed by atoms with Crippen LogP contribution in [0.2, 0.25) is 0 Å². The van der Waals surface area contributed by atoms with Crippen molar-refractivity contribution in [1.82, 2.24) is 5.32 Å². The first-order chi connectivity index (χ1) is 12.1. The van der Waals surface area contributed by atoms with Crippen molar-refractivity contribution < 1.29 is 19.0 Å². The van der Waals surface area contributed by atoms with Crippen LogP contribution in [0.3, 0.4) is 0 Å². The molecule has 0 bridgehead atoms. The number of amides is 1. The summed E-state index contributed by atoms with van der Waals surface area (Å²) < 4.78 is 16.0. The third-order valence-corrected chi connectivity index (χ3v) is 3.88. The standard InChI is InChI=1S/C20H25NO4/c1-5-25-17-9-7-16(12-14(17)2)20(22)21-11-10-15-6-8-18(23-3)19(13-15)24-4/h6-9,12-13H,5,10-11H2,1-4H3,(H,21,22). The maximum absolute atomic E-state index is 12.3. The second-order valence-corrected chi connectivity index (χ2v) is 5.61. The van der Waals surface area contributed by atoms with Crippen LogP contribution in [0.25, 0.3) is 0 Å². The molecule has 0 radical (unpaired) electrons. The van der Waals surface area contributed by atoms with Gasteiger partial charge in [0.05, 0.1) is 20.8 Å². The predicted octanol–water partition coefficient (Wildman–Crippen LogP) is 3.38. The van der Waals surface area contributed by atoms with E-state index in [9.17, 15) is 4.79 Å². The van der Waals surface area contributed by atoms with Crippen LogP contribution in [0.15, 0.2) is 36.4 Å². The Labute approximate surface area is 148 Å². The van der Waals surface area contributed by atoms with E-state index in [-0.39, 0.29) is 5.91 Å². The lowest BCUT2D eigenvalue weighted by atomic mass is 10.1. The molecule has 2 rings (SSSR count). The first-order valence-corrected chi connectivity index (χ1v) is 8.31. The van der Waals surface area contributed by atoms with Gasteiger partial charge in [0.25, 0.3) is 5.91 Å². The highest BCUT2D eigenvalue weighted by Gasteiger charge is 2.09. The number of hydrogen-bond acceptors (Lipinski definition) is 4. The summed E-state index contributed by atoms with van der Waals surface area (Å²) >= 11 is 0. The van der Waals surface area contributed by atoms with Crippen molar-refractivity contribution in [3.8, 4) is 17.2 Å². The van der Waals surface area contributed by atoms with Gasteiger partial charge in [0.15, 0.2) is 11.5 Å². The van der Waals surface area contributed by atoms with Crippen LogP contribution in [0, 0.1) is 6.92 Å². The fraction of sp³-hybridized carbons (Fsp3) is 0.350. The molecule has 0 unspecified atom stereocenters. The number of aryl methyl sites for hydroxylation is 1. The molecule has 0 saturated heterocycles. The third kappa shape index (κ3) is 4.89. The van der Waals surface area contributed by atoms with Crippen molar-refractivity contribution in [2.75, 3.05) is 27.4 Å². The molecular formula is C20H25NO4. The van der Waals surface area contributed by atoms with Gasteiger partial charge in [-0.25, -0.2) is 0 Å². The molecule has 1 amide bonds. The van der Waals surface area contributed by atoms with Gasteiger partial charge >= 0.3 is 0 Å². The molecule has 0 aromatic heterocycles. The number of hydrogen-bond donors (Lipinski definition) is 1. The Morgan fingerprint density at radius 2 is 1.72 bits per heavy atom. The molecular weight excluding hydrogens is 318 g/mol. The fourth-order valence-corrected chi connectivity index (χ4v) is 2.57. The summed E-state index contributed by atoms with van der Waals surface area (Å²) in [6.07, 6.45) is 0.710. The van der Waals surface area contributed by atoms with Crippen molar-refractivity contribution in [2.45, 2.75) is 20.3 Å². The smallest absolute Gasteiger partial charge is 0.251 e. The summed E-state index contributed by atoms with van der Waals surface area (Å²) in [6, 6.07) is 11.2. The molecule has 0 heterocycles. The van der Waals surface area contributed by atoms with Gasteiger partial charge in [-0.1, -0.05) is 6.07 Å². The number of carbonyl (C=O) groups excluding carboxylic acids is 1. The topological polar surface area (TPSA) is 56.8 Å². The molecule has 25 heavy (non-hydrogen) atoms. The van der Waals surface area contributed by atoms with Gasteiger partial charge in [-0.2, -0.15) is 0 Å². The second-order valence-electron chi connectivity index (χ2n) is 5.61. The first kappa shape index (κ1) is 18.6. The molecule has 2 aromatic rings. The average molecular weight is 343 g/mol. The lowest BCUT2D eigenvalue weighted by Crippen LogP contribution is -2.25. The summed E-state index contributed by atoms with van der Waals surface area (Å²) in [6.45, 7) is 5.03. The maximum Gasteiger partial charge on any atom is 0.251 e. The molecule has 5 heteroatoms. The Hall–Kier alpha value is -2.69. The molecule has 5 nitrogen and oxygen atoms in total. The van der Waals surface area contributed by atoms with Crippen LogP contribution in [-0.2, 0) is 6.42 Å². The number of methoxy groups -OCH3 is 2. The van der Waals surface area contributed by atoms with E-state index in [1.807, 2.05) is 44.2 Å². The van der Waals surface area contributed by atoms with Crippen molar-refractivity contribution >= 4 is 5.91 Å². The zero-order valence-electron chi connectivity index (χ0n) is 15.2. The van der Waals surface area contributed by atoms with Gasteiger partial charge in [-0.3, -0.25) is 4.79 Å². The van der Waals surface area contributed by atoms with E-state index in [4.69, 9.17) is 14.2 Å². The third-order valence-electron chi connectivity index (χ3n) is 3.88. The average Bonchev–Trinajstić information content (AvgIpc) is 2.63. The van der Waals surface area contributed by atoms with E-state index in [2.05, 4.69) is 5.32 Å². The normalized spacial score (nSPS) is 10.2. The SMILES string of the molecule is CCOc1ccc(C(=O)NCCc2ccc(OC)c(OC)c2)cc1C. The first-order valence-electron chi connectivity index (χ1n) is 8.31. The van der Waals surface area contributed by atoms with Crippen LogP contribution >= 0.6 is 0 Å². The Morgan fingerprint density at radius 3 is 2.36 bits per heavy atom. The molecule has 0 spiro atoms. The summed E-state index contributed by atoms with van der Waals surface area (Å²) in [5.74, 6) is 2.10. The number of nitrogens with one attached hydrogen (secondary N) is 1. The van der Waals surface area contributed by atoms with Crippen molar-refractivity contribution in [2.24, 2.45) is 0 Å². The molecule has 0 aliphatic rings. The van der Waals surface area contributed by atoms with Gasteiger partial charge in [0, 0.05) is 12.1 Å². The van der Waals surface area contributed by atoms with E-state index in [1.54, 1.807) is 20.3 Å². The van der Waals surface area contributed by atoms with E-state index in [1.165, 1.54) is 0 Å². The lowest BCUT2D eigenvalue weighted by molar-refractivity contribution is 0.0954. The largest absolute Gasteiger partial charge is 0.494 e. The molecule has 0 saturated carbocycles. The van der Waals surface area contributed by atoms with Crippen LogP contribution in [0.1, 0.15) is 28.4 Å². The quantitative estimate of drug-likeness (QED) is 0.798. The molecule has 0 aliphatic carbocycles. The molecule has 0 fully saturated rings. The van der Waals surface area contributed by atoms with Gasteiger partial charge in [-0.05, 0) is 61.7 Å². The highest BCUT2D eigenvalue weighted by molar-refractivity contribution is 5.94. The van der Waals surface area contributed by atoms with Gasteiger partial charge in [0.2, 0.25) is 0 Å². The fourth-order valence-electron chi connectivity index (χ4n) is 2.57. The lowest BCUT2D eigenvalue weighted by Gasteiger charge is -2.11. The Kier molecular flexibility index (Phi) is 6.69. The van der Waals surface area contributed by atoms with Gasteiger partial charge in [0.1, 0.15) is 5.75 Å². The van der Waals surface area contributed by atoms with E-state index < -0.39 is 0 Å². The summed E-state index contributed by atoms with van der Waals surface area (Å²) in [7, 11) is 3.22. The van der Waals surface area contributed by atoms with Crippen LogP contribution in [0.5, 0.6) is 17.2 Å². The summed E-state index contributed by atoms with van der Waals surface area (Å²) in [4.78, 5) is 12.3. The van der Waals surface area contributed by atoms with Crippen molar-refractivity contribution in [1.29, 1.82) is 0 Å². The van der Waals surface area contributed by atoms with E-state index in [0.717, 1.165) is 16.9 Å². The second kappa shape index (κ2) is 8.97. The molecule has 0 aliphatic heterocycles. The molecule has 1 N–H and O–H groups in total. The van der Waals surface area contributed by atoms with Gasteiger partial charge in [-0.15, -0.1) is 0 Å². The molecule has 134 valence electrons. The minimum absolute atomic E-state index is 0.0911. The van der Waals surface area contributed by atoms with Crippen LogP contribution in [-0.4, -0.2) is 33.3 Å². The summed E-state index contributed by atoms with van der Waals surface area (Å²) in [5.41, 5.74) is 2.66. The predicted molar refractivity (Wildman–Crippen MR) is 97.9 cm³/mol. The van der Waals surface area contributed by atoms with Crippen LogP contribution in [0.4, 0.5) is 0 Å². The van der Waals surface area contributed by atoms with Crippen LogP contribution < -0.4 is 19.5 Å². The van der Waals surface area contributed by atoms with Gasteiger partial charge < -0.3 is 19.5 Å². The summed E-state index contributed by atoms with van der Waals surface area (Å²) in [5, 5.41) is 2.94. The zero-order chi connectivity index (χ0) is 18.2. The van der Waals surface area contributed by atoms with Crippen molar-refractivity contribution in [3.63, 3.8) is 0 Å². The highest BCUT2D eigenvalue weighted by Crippen LogP contribution is 2.27. The Bertz CT molecular complexity index is 728. The number of carbonyl (C=O) groups is 1. The van der Waals surface area contributed by atoms with Crippen molar-refractivity contribution in [3.05, 3.63) is 53.1 Å². The molecule has 0 atom stereocenters. The molecule has 2 aromatic carbocycles. The number of rotatable bonds is 8. The monoisotopic (exact) mass is 343 g/mol. The van der Waals surface area contributed by atoms with E-state index >= 15 is 0 Å². The minimum atomic E-state index is -0.0911. The maximum atomic E-state index is 12.3. The van der Waals surface area contributed by atoms with E-state index in [0.29, 0.717) is 36.6 Å². The highest BCUT2D eigenvalue weighted by atomic mass is 16.5. The Morgan fingerprint density at radius 1 is 1.00 bits per heavy atom. The minimum Gasteiger partial charge on any atom is -0.494 e. The number of benzene rings is 2.